The Morgan fingerprint density at radius 3 is 2.45 bits per heavy atom. The highest BCUT2D eigenvalue weighted by molar-refractivity contribution is 7.89. The van der Waals surface area contributed by atoms with Crippen molar-refractivity contribution in [3.63, 3.8) is 0 Å². The number of nitrogens with zero attached hydrogens (tertiary/aromatic N) is 2. The molecule has 0 bridgehead atoms. The number of amides is 2. The van der Waals surface area contributed by atoms with Crippen LogP contribution in [0.25, 0.3) is 10.8 Å². The number of likely N-dealkylation sites (N-methyl/N-ethyl adjacent to an activating group) is 1. The summed E-state index contributed by atoms with van der Waals surface area (Å²) in [6.07, 6.45) is 1.93. The smallest absolute Gasteiger partial charge is 0.257 e. The van der Waals surface area contributed by atoms with Gasteiger partial charge >= 0.3 is 0 Å². The molecule has 1 heterocycles. The Morgan fingerprint density at radius 2 is 1.64 bits per heavy atom. The van der Waals surface area contributed by atoms with Crippen LogP contribution in [-0.2, 0) is 26.0 Å². The molecule has 2 N–H and O–H groups in total. The molecule has 4 rings (SSSR count). The predicted molar refractivity (Wildman–Crippen MR) is 127 cm³/mol. The van der Waals surface area contributed by atoms with E-state index < -0.39 is 22.5 Å². The minimum absolute atomic E-state index is 0.0997. The molecule has 33 heavy (non-hydrogen) atoms. The predicted octanol–water partition coefficient (Wildman–Crippen LogP) is 2.06. The van der Waals surface area contributed by atoms with E-state index >= 15 is 0 Å². The Balaban J connectivity index is 1.32. The minimum atomic E-state index is -3.87. The quantitative estimate of drug-likeness (QED) is 0.542. The molecule has 3 aromatic rings. The summed E-state index contributed by atoms with van der Waals surface area (Å²) in [4.78, 5) is 26.7. The fraction of sp³-hybridized carbons (Fsp3) is 0.250. The minimum Gasteiger partial charge on any atom is -0.362 e. The van der Waals surface area contributed by atoms with Crippen LogP contribution in [0.1, 0.15) is 12.0 Å². The standard InChI is InChI=1S/C24H26N4O4S/c1-27(33(31,32)21-13-12-18-7-2-3-9-20(18)15-21)16-23(29)25-26-24(30)17-28-14-6-10-19-8-4-5-11-22(19)28/h2-5,7-9,11-13,15H,6,10,14,16-17H2,1H3,(H,25,29)(H,26,30). The van der Waals surface area contributed by atoms with Crippen LogP contribution in [0.2, 0.25) is 0 Å². The third kappa shape index (κ3) is 5.15. The average Bonchev–Trinajstić information content (AvgIpc) is 2.82. The van der Waals surface area contributed by atoms with Crippen molar-refractivity contribution in [2.45, 2.75) is 17.7 Å². The number of carbonyl (C=O) groups excluding carboxylic acids is 2. The lowest BCUT2D eigenvalue weighted by Crippen LogP contribution is -2.50. The maximum absolute atomic E-state index is 12.9. The summed E-state index contributed by atoms with van der Waals surface area (Å²) in [5, 5.41) is 1.72. The second-order valence-corrected chi connectivity index (χ2v) is 10.1. The topological polar surface area (TPSA) is 98.8 Å². The van der Waals surface area contributed by atoms with Crippen LogP contribution in [0.15, 0.2) is 71.6 Å². The Labute approximate surface area is 193 Å². The van der Waals surface area contributed by atoms with Crippen molar-refractivity contribution in [2.75, 3.05) is 31.6 Å². The summed E-state index contributed by atoms with van der Waals surface area (Å²) in [7, 11) is -2.54. The molecule has 0 atom stereocenters. The van der Waals surface area contributed by atoms with E-state index in [1.54, 1.807) is 12.1 Å². The van der Waals surface area contributed by atoms with Crippen LogP contribution in [0.3, 0.4) is 0 Å². The van der Waals surface area contributed by atoms with Gasteiger partial charge in [-0.3, -0.25) is 20.4 Å². The van der Waals surface area contributed by atoms with Crippen LogP contribution in [0.5, 0.6) is 0 Å². The zero-order valence-corrected chi connectivity index (χ0v) is 19.1. The van der Waals surface area contributed by atoms with Gasteiger partial charge in [0.05, 0.1) is 18.0 Å². The molecule has 0 aliphatic carbocycles. The van der Waals surface area contributed by atoms with E-state index in [0.29, 0.717) is 0 Å². The molecule has 0 radical (unpaired) electrons. The summed E-state index contributed by atoms with van der Waals surface area (Å²) in [5.74, 6) is -1.01. The van der Waals surface area contributed by atoms with Gasteiger partial charge in [-0.2, -0.15) is 4.31 Å². The zero-order valence-electron chi connectivity index (χ0n) is 18.3. The molecule has 0 spiro atoms. The van der Waals surface area contributed by atoms with Gasteiger partial charge in [-0.15, -0.1) is 0 Å². The van der Waals surface area contributed by atoms with Gasteiger partial charge in [-0.25, -0.2) is 8.42 Å². The highest BCUT2D eigenvalue weighted by Gasteiger charge is 2.24. The van der Waals surface area contributed by atoms with Crippen molar-refractivity contribution < 1.29 is 18.0 Å². The lowest BCUT2D eigenvalue weighted by Gasteiger charge is -2.30. The monoisotopic (exact) mass is 466 g/mol. The largest absolute Gasteiger partial charge is 0.362 e. The van der Waals surface area contributed by atoms with E-state index in [0.717, 1.165) is 40.2 Å². The molecule has 2 amide bonds. The van der Waals surface area contributed by atoms with Crippen molar-refractivity contribution in [1.82, 2.24) is 15.2 Å². The number of fused-ring (bicyclic) bond motifs is 2. The summed E-state index contributed by atoms with van der Waals surface area (Å²) in [6, 6.07) is 20.2. The van der Waals surface area contributed by atoms with Crippen LogP contribution in [0.4, 0.5) is 5.69 Å². The Morgan fingerprint density at radius 1 is 0.939 bits per heavy atom. The molecule has 0 fully saturated rings. The first-order chi connectivity index (χ1) is 15.8. The number of para-hydroxylation sites is 1. The van der Waals surface area contributed by atoms with Crippen LogP contribution in [0, 0.1) is 0 Å². The molecule has 1 aliphatic heterocycles. The number of carbonyl (C=O) groups is 2. The van der Waals surface area contributed by atoms with Gasteiger partial charge in [0.2, 0.25) is 10.0 Å². The van der Waals surface area contributed by atoms with Gasteiger partial charge in [0.1, 0.15) is 0 Å². The zero-order chi connectivity index (χ0) is 23.4. The van der Waals surface area contributed by atoms with Crippen molar-refractivity contribution in [1.29, 1.82) is 0 Å². The molecule has 0 aromatic heterocycles. The fourth-order valence-corrected chi connectivity index (χ4v) is 5.13. The molecule has 0 saturated carbocycles. The second-order valence-electron chi connectivity index (χ2n) is 8.02. The Bertz CT molecular complexity index is 1290. The second kappa shape index (κ2) is 9.60. The third-order valence-electron chi connectivity index (χ3n) is 5.68. The van der Waals surface area contributed by atoms with Crippen LogP contribution >= 0.6 is 0 Å². The van der Waals surface area contributed by atoms with E-state index in [4.69, 9.17) is 0 Å². The van der Waals surface area contributed by atoms with E-state index in [-0.39, 0.29) is 17.3 Å². The normalized spacial score (nSPS) is 13.6. The molecule has 8 nitrogen and oxygen atoms in total. The molecule has 9 heteroatoms. The molecule has 0 unspecified atom stereocenters. The first kappa shape index (κ1) is 22.8. The highest BCUT2D eigenvalue weighted by Crippen LogP contribution is 2.26. The van der Waals surface area contributed by atoms with Crippen molar-refractivity contribution in [3.8, 4) is 0 Å². The lowest BCUT2D eigenvalue weighted by atomic mass is 10.0. The van der Waals surface area contributed by atoms with Gasteiger partial charge < -0.3 is 4.90 Å². The van der Waals surface area contributed by atoms with E-state index in [2.05, 4.69) is 10.9 Å². The van der Waals surface area contributed by atoms with Crippen molar-refractivity contribution in [2.24, 2.45) is 0 Å². The number of rotatable bonds is 6. The van der Waals surface area contributed by atoms with E-state index in [9.17, 15) is 18.0 Å². The number of nitrogens with one attached hydrogen (secondary N) is 2. The summed E-state index contributed by atoms with van der Waals surface area (Å²) < 4.78 is 26.7. The first-order valence-corrected chi connectivity index (χ1v) is 12.1. The molecule has 172 valence electrons. The molecular formula is C24H26N4O4S. The molecule has 3 aromatic carbocycles. The van der Waals surface area contributed by atoms with Gasteiger partial charge in [0, 0.05) is 19.3 Å². The fourth-order valence-electron chi connectivity index (χ4n) is 3.96. The van der Waals surface area contributed by atoms with Gasteiger partial charge in [0.15, 0.2) is 0 Å². The Hall–Kier alpha value is -3.43. The first-order valence-electron chi connectivity index (χ1n) is 10.7. The number of hydrogen-bond acceptors (Lipinski definition) is 5. The summed E-state index contributed by atoms with van der Waals surface area (Å²) in [6.45, 7) is 0.426. The average molecular weight is 467 g/mol. The number of anilines is 1. The summed E-state index contributed by atoms with van der Waals surface area (Å²) in [5.41, 5.74) is 6.90. The third-order valence-corrected chi connectivity index (χ3v) is 7.48. The van der Waals surface area contributed by atoms with Crippen LogP contribution in [-0.4, -0.2) is 51.2 Å². The lowest BCUT2D eigenvalue weighted by molar-refractivity contribution is -0.128. The molecular weight excluding hydrogens is 440 g/mol. The maximum Gasteiger partial charge on any atom is 0.257 e. The molecule has 0 saturated heterocycles. The SMILES string of the molecule is CN(CC(=O)NNC(=O)CN1CCCc2ccccc21)S(=O)(=O)c1ccc2ccccc2c1. The molecule has 1 aliphatic rings. The van der Waals surface area contributed by atoms with Gasteiger partial charge in [-0.1, -0.05) is 48.5 Å². The number of sulfonamides is 1. The number of hydrazine groups is 1. The number of hydrogen-bond donors (Lipinski definition) is 2. The summed E-state index contributed by atoms with van der Waals surface area (Å²) >= 11 is 0. The number of benzene rings is 3. The highest BCUT2D eigenvalue weighted by atomic mass is 32.2. The number of aryl methyl sites for hydroxylation is 1. The van der Waals surface area contributed by atoms with Gasteiger partial charge in [0.25, 0.3) is 11.8 Å². The van der Waals surface area contributed by atoms with Crippen molar-refractivity contribution >= 4 is 38.3 Å². The maximum atomic E-state index is 12.9. The van der Waals surface area contributed by atoms with Crippen molar-refractivity contribution in [3.05, 3.63) is 72.3 Å². The van der Waals surface area contributed by atoms with E-state index in [1.165, 1.54) is 18.7 Å². The Kier molecular flexibility index (Phi) is 6.62. The van der Waals surface area contributed by atoms with E-state index in [1.807, 2.05) is 53.4 Å². The van der Waals surface area contributed by atoms with Crippen LogP contribution < -0.4 is 15.8 Å². The van der Waals surface area contributed by atoms with Gasteiger partial charge in [-0.05, 0) is 47.4 Å².